The molecule has 0 spiro atoms. The molecule has 0 aromatic carbocycles. The summed E-state index contributed by atoms with van der Waals surface area (Å²) < 4.78 is 0. The van der Waals surface area contributed by atoms with Gasteiger partial charge in [-0.15, -0.1) is 0 Å². The highest BCUT2D eigenvalue weighted by Gasteiger charge is 2.18. The lowest BCUT2D eigenvalue weighted by atomic mass is 9.98. The first-order valence-electron chi connectivity index (χ1n) is 3.55. The maximum Gasteiger partial charge on any atom is 0.221 e. The number of amides is 1. The van der Waals surface area contributed by atoms with Crippen LogP contribution in [0.4, 0.5) is 0 Å². The van der Waals surface area contributed by atoms with E-state index in [4.69, 9.17) is 5.73 Å². The van der Waals surface area contributed by atoms with Crippen molar-refractivity contribution in [1.29, 1.82) is 0 Å². The maximum absolute atomic E-state index is 10.7. The number of likely N-dealkylation sites (tertiary alicyclic amines) is 1. The SMILES string of the molecule is [CH2-]N1CCCC(C(N)=O)C1. The summed E-state index contributed by atoms with van der Waals surface area (Å²) in [6, 6.07) is 0. The van der Waals surface area contributed by atoms with Crippen molar-refractivity contribution in [2.45, 2.75) is 12.8 Å². The highest BCUT2D eigenvalue weighted by molar-refractivity contribution is 5.76. The van der Waals surface area contributed by atoms with Crippen LogP contribution in [0.5, 0.6) is 0 Å². The van der Waals surface area contributed by atoms with Gasteiger partial charge in [0.1, 0.15) is 0 Å². The minimum Gasteiger partial charge on any atom is -0.459 e. The molecule has 1 amide bonds. The fraction of sp³-hybridized carbons (Fsp3) is 0.714. The Labute approximate surface area is 61.2 Å². The molecule has 1 fully saturated rings. The third-order valence-corrected chi connectivity index (χ3v) is 1.91. The van der Waals surface area contributed by atoms with Crippen LogP contribution >= 0.6 is 0 Å². The van der Waals surface area contributed by atoms with Gasteiger partial charge in [-0.05, 0) is 25.9 Å². The molecule has 0 aromatic rings. The largest absolute Gasteiger partial charge is 0.459 e. The Morgan fingerprint density at radius 1 is 1.70 bits per heavy atom. The molecule has 0 saturated carbocycles. The number of primary amides is 1. The molecule has 1 aliphatic rings. The van der Waals surface area contributed by atoms with Crippen molar-refractivity contribution in [2.75, 3.05) is 13.1 Å². The van der Waals surface area contributed by atoms with Gasteiger partial charge in [-0.25, -0.2) is 0 Å². The second-order valence-electron chi connectivity index (χ2n) is 2.82. The molecular formula is C7H13N2O-. The first-order valence-corrected chi connectivity index (χ1v) is 3.55. The van der Waals surface area contributed by atoms with Crippen molar-refractivity contribution < 1.29 is 4.79 Å². The normalized spacial score (nSPS) is 28.3. The van der Waals surface area contributed by atoms with E-state index >= 15 is 0 Å². The van der Waals surface area contributed by atoms with Gasteiger partial charge in [0, 0.05) is 5.92 Å². The molecule has 1 rings (SSSR count). The van der Waals surface area contributed by atoms with Crippen LogP contribution in [-0.4, -0.2) is 23.9 Å². The van der Waals surface area contributed by atoms with Crippen molar-refractivity contribution in [3.8, 4) is 0 Å². The topological polar surface area (TPSA) is 46.3 Å². The fourth-order valence-electron chi connectivity index (χ4n) is 1.29. The van der Waals surface area contributed by atoms with Crippen LogP contribution in [0.3, 0.4) is 0 Å². The summed E-state index contributed by atoms with van der Waals surface area (Å²) in [4.78, 5) is 12.6. The van der Waals surface area contributed by atoms with Gasteiger partial charge in [-0.1, -0.05) is 0 Å². The number of hydrogen-bond donors (Lipinski definition) is 1. The Balaban J connectivity index is 2.39. The summed E-state index contributed by atoms with van der Waals surface area (Å²) in [5.41, 5.74) is 5.14. The van der Waals surface area contributed by atoms with Gasteiger partial charge in [-0.3, -0.25) is 11.8 Å². The summed E-state index contributed by atoms with van der Waals surface area (Å²) >= 11 is 0. The molecule has 2 N–H and O–H groups in total. The van der Waals surface area contributed by atoms with Crippen LogP contribution in [0, 0.1) is 13.0 Å². The van der Waals surface area contributed by atoms with E-state index in [0.29, 0.717) is 0 Å². The van der Waals surface area contributed by atoms with E-state index < -0.39 is 0 Å². The third kappa shape index (κ3) is 1.70. The van der Waals surface area contributed by atoms with E-state index in [-0.39, 0.29) is 11.8 Å². The van der Waals surface area contributed by atoms with Gasteiger partial charge in [-0.2, -0.15) is 0 Å². The van der Waals surface area contributed by atoms with E-state index in [1.807, 2.05) is 4.90 Å². The Bertz CT molecular complexity index is 136. The zero-order valence-corrected chi connectivity index (χ0v) is 6.05. The smallest absolute Gasteiger partial charge is 0.221 e. The van der Waals surface area contributed by atoms with Gasteiger partial charge < -0.3 is 10.6 Å². The third-order valence-electron chi connectivity index (χ3n) is 1.91. The quantitative estimate of drug-likeness (QED) is 0.521. The van der Waals surface area contributed by atoms with E-state index in [0.717, 1.165) is 25.9 Å². The van der Waals surface area contributed by atoms with Crippen LogP contribution in [0.2, 0.25) is 0 Å². The van der Waals surface area contributed by atoms with Crippen LogP contribution in [0.15, 0.2) is 0 Å². The predicted molar refractivity (Wildman–Crippen MR) is 38.8 cm³/mol. The van der Waals surface area contributed by atoms with E-state index in [2.05, 4.69) is 7.05 Å². The van der Waals surface area contributed by atoms with E-state index in [1.54, 1.807) is 0 Å². The lowest BCUT2D eigenvalue weighted by Gasteiger charge is -2.33. The predicted octanol–water partition coefficient (Wildman–Crippen LogP) is -0.0247. The Morgan fingerprint density at radius 2 is 2.40 bits per heavy atom. The number of carbonyl (C=O) groups is 1. The summed E-state index contributed by atoms with van der Waals surface area (Å²) in [6.45, 7) is 1.72. The van der Waals surface area contributed by atoms with Gasteiger partial charge in [0.25, 0.3) is 0 Å². The average Bonchev–Trinajstić information content (AvgIpc) is 1.88. The highest BCUT2D eigenvalue weighted by atomic mass is 16.1. The second kappa shape index (κ2) is 3.01. The number of nitrogens with two attached hydrogens (primary N) is 1. The summed E-state index contributed by atoms with van der Waals surface area (Å²) in [7, 11) is 3.76. The van der Waals surface area contributed by atoms with Crippen molar-refractivity contribution in [1.82, 2.24) is 4.90 Å². The second-order valence-corrected chi connectivity index (χ2v) is 2.82. The monoisotopic (exact) mass is 141 g/mol. The van der Waals surface area contributed by atoms with Crippen LogP contribution in [0.1, 0.15) is 12.8 Å². The first-order chi connectivity index (χ1) is 4.70. The Hall–Kier alpha value is -0.570. The lowest BCUT2D eigenvalue weighted by molar-refractivity contribution is -0.123. The van der Waals surface area contributed by atoms with Crippen molar-refractivity contribution in [3.63, 3.8) is 0 Å². The lowest BCUT2D eigenvalue weighted by Crippen LogP contribution is -2.37. The Kier molecular flexibility index (Phi) is 2.27. The molecule has 3 heteroatoms. The fourth-order valence-corrected chi connectivity index (χ4v) is 1.29. The van der Waals surface area contributed by atoms with Gasteiger partial charge in [0.2, 0.25) is 5.91 Å². The molecule has 0 radical (unpaired) electrons. The minimum absolute atomic E-state index is 0.0336. The van der Waals surface area contributed by atoms with Crippen LogP contribution in [0.25, 0.3) is 0 Å². The number of rotatable bonds is 1. The maximum atomic E-state index is 10.7. The molecule has 0 aliphatic carbocycles. The first kappa shape index (κ1) is 7.54. The minimum atomic E-state index is -0.187. The Morgan fingerprint density at radius 3 is 2.80 bits per heavy atom. The molecule has 3 nitrogen and oxygen atoms in total. The van der Waals surface area contributed by atoms with Crippen molar-refractivity contribution >= 4 is 5.91 Å². The van der Waals surface area contributed by atoms with Crippen molar-refractivity contribution in [2.24, 2.45) is 11.7 Å². The summed E-state index contributed by atoms with van der Waals surface area (Å²) in [6.07, 6.45) is 1.97. The van der Waals surface area contributed by atoms with Crippen molar-refractivity contribution in [3.05, 3.63) is 7.05 Å². The average molecular weight is 141 g/mol. The molecule has 58 valence electrons. The highest BCUT2D eigenvalue weighted by Crippen LogP contribution is 2.14. The molecule has 1 aliphatic heterocycles. The summed E-state index contributed by atoms with van der Waals surface area (Å²) in [5.74, 6) is -0.153. The molecule has 10 heavy (non-hydrogen) atoms. The van der Waals surface area contributed by atoms with Gasteiger partial charge in [0.05, 0.1) is 0 Å². The zero-order chi connectivity index (χ0) is 7.56. The standard InChI is InChI=1S/C7H13N2O/c1-9-4-2-3-6(5-9)7(8)10/h6H,1-5H2,(H2,8,10)/q-1. The van der Waals surface area contributed by atoms with Crippen LogP contribution < -0.4 is 5.73 Å². The molecule has 1 heterocycles. The van der Waals surface area contributed by atoms with E-state index in [9.17, 15) is 4.79 Å². The summed E-state index contributed by atoms with van der Waals surface area (Å²) in [5, 5.41) is 0. The molecular weight excluding hydrogens is 128 g/mol. The molecule has 1 unspecified atom stereocenters. The zero-order valence-electron chi connectivity index (χ0n) is 6.05. The van der Waals surface area contributed by atoms with E-state index in [1.165, 1.54) is 0 Å². The molecule has 1 saturated heterocycles. The van der Waals surface area contributed by atoms with Gasteiger partial charge >= 0.3 is 0 Å². The number of nitrogens with zero attached hydrogens (tertiary/aromatic N) is 1. The molecule has 0 aromatic heterocycles. The molecule has 0 bridgehead atoms. The van der Waals surface area contributed by atoms with Gasteiger partial charge in [0.15, 0.2) is 0 Å². The number of carbonyl (C=O) groups excluding carboxylic acids is 1. The van der Waals surface area contributed by atoms with Crippen LogP contribution in [-0.2, 0) is 4.79 Å². The number of hydrogen-bond acceptors (Lipinski definition) is 2. The number of piperidine rings is 1. The molecule has 1 atom stereocenters.